The lowest BCUT2D eigenvalue weighted by Gasteiger charge is -2.15. The Morgan fingerprint density at radius 2 is 1.92 bits per heavy atom. The van der Waals surface area contributed by atoms with Gasteiger partial charge in [0.25, 0.3) is 0 Å². The molecule has 12 heavy (non-hydrogen) atoms. The molecule has 0 bridgehead atoms. The molecule has 1 atom stereocenters. The maximum absolute atomic E-state index is 11.7. The number of hydrogen-bond donors (Lipinski definition) is 0. The second-order valence-corrected chi connectivity index (χ2v) is 4.69. The summed E-state index contributed by atoms with van der Waals surface area (Å²) in [5.41, 5.74) is 0. The fraction of sp³-hybridized carbons (Fsp3) is 1.00. The van der Waals surface area contributed by atoms with Crippen molar-refractivity contribution in [2.45, 2.75) is 20.0 Å². The quantitative estimate of drug-likeness (QED) is 0.476. The second kappa shape index (κ2) is 4.38. The van der Waals surface area contributed by atoms with E-state index in [2.05, 4.69) is 0 Å². The Balaban J connectivity index is 2.38. The summed E-state index contributed by atoms with van der Waals surface area (Å²) in [6.07, 6.45) is 0.489. The Morgan fingerprint density at radius 3 is 2.25 bits per heavy atom. The molecule has 1 rings (SSSR count). The van der Waals surface area contributed by atoms with Gasteiger partial charge in [0, 0.05) is 0 Å². The van der Waals surface area contributed by atoms with Gasteiger partial charge in [-0.15, -0.1) is 0 Å². The van der Waals surface area contributed by atoms with E-state index in [1.54, 1.807) is 13.8 Å². The van der Waals surface area contributed by atoms with Gasteiger partial charge in [-0.2, -0.15) is 0 Å². The Morgan fingerprint density at radius 1 is 1.42 bits per heavy atom. The van der Waals surface area contributed by atoms with Crippen LogP contribution in [0, 0.1) is 0 Å². The molecule has 1 fully saturated rings. The van der Waals surface area contributed by atoms with Crippen molar-refractivity contribution in [3.05, 3.63) is 0 Å². The monoisotopic (exact) mass is 194 g/mol. The fourth-order valence-corrected chi connectivity index (χ4v) is 2.74. The van der Waals surface area contributed by atoms with E-state index in [0.29, 0.717) is 26.0 Å². The SMILES string of the molecule is CCOP(=O)(C[C@H]1CO1)OCC. The van der Waals surface area contributed by atoms with Gasteiger partial charge in [0.1, 0.15) is 0 Å². The van der Waals surface area contributed by atoms with Crippen LogP contribution in [0.1, 0.15) is 13.8 Å². The summed E-state index contributed by atoms with van der Waals surface area (Å²) in [4.78, 5) is 0. The average Bonchev–Trinajstić information content (AvgIpc) is 2.72. The molecule has 1 aliphatic rings. The fourth-order valence-electron chi connectivity index (χ4n) is 0.959. The molecule has 0 amide bonds. The van der Waals surface area contributed by atoms with Crippen LogP contribution in [-0.4, -0.2) is 32.1 Å². The van der Waals surface area contributed by atoms with E-state index in [9.17, 15) is 4.57 Å². The molecule has 1 heterocycles. The molecule has 0 aromatic heterocycles. The largest absolute Gasteiger partial charge is 0.372 e. The van der Waals surface area contributed by atoms with Crippen LogP contribution in [-0.2, 0) is 18.3 Å². The molecule has 0 aliphatic carbocycles. The molecule has 0 unspecified atom stereocenters. The zero-order valence-corrected chi connectivity index (χ0v) is 8.38. The Kier molecular flexibility index (Phi) is 3.72. The van der Waals surface area contributed by atoms with E-state index < -0.39 is 7.60 Å². The smallest absolute Gasteiger partial charge is 0.333 e. The van der Waals surface area contributed by atoms with Gasteiger partial charge in [-0.1, -0.05) is 0 Å². The van der Waals surface area contributed by atoms with Gasteiger partial charge < -0.3 is 13.8 Å². The summed E-state index contributed by atoms with van der Waals surface area (Å²) in [6.45, 7) is 5.14. The zero-order valence-electron chi connectivity index (χ0n) is 7.49. The van der Waals surface area contributed by atoms with E-state index in [4.69, 9.17) is 13.8 Å². The normalized spacial score (nSPS) is 22.7. The van der Waals surface area contributed by atoms with Gasteiger partial charge in [-0.25, -0.2) is 0 Å². The predicted molar refractivity (Wildman–Crippen MR) is 45.5 cm³/mol. The molecule has 0 saturated carbocycles. The molecule has 1 aliphatic heterocycles. The Hall–Kier alpha value is 0.110. The van der Waals surface area contributed by atoms with Crippen molar-refractivity contribution in [1.29, 1.82) is 0 Å². The number of rotatable bonds is 6. The lowest BCUT2D eigenvalue weighted by molar-refractivity contribution is 0.217. The number of ether oxygens (including phenoxy) is 1. The van der Waals surface area contributed by atoms with Crippen molar-refractivity contribution >= 4 is 7.60 Å². The van der Waals surface area contributed by atoms with E-state index in [1.165, 1.54) is 0 Å². The van der Waals surface area contributed by atoms with Crippen LogP contribution >= 0.6 is 7.60 Å². The van der Waals surface area contributed by atoms with E-state index in [-0.39, 0.29) is 6.10 Å². The standard InChI is InChI=1S/C7H15O4P/c1-3-10-12(8,11-4-2)6-7-5-9-7/h7H,3-6H2,1-2H3/t7-/m1/s1. The molecule has 72 valence electrons. The van der Waals surface area contributed by atoms with Crippen molar-refractivity contribution in [3.63, 3.8) is 0 Å². The molecule has 0 N–H and O–H groups in total. The van der Waals surface area contributed by atoms with Crippen molar-refractivity contribution in [2.75, 3.05) is 26.0 Å². The Bertz CT molecular complexity index is 168. The van der Waals surface area contributed by atoms with Gasteiger partial charge in [0.2, 0.25) is 0 Å². The van der Waals surface area contributed by atoms with E-state index in [1.807, 2.05) is 0 Å². The summed E-state index contributed by atoms with van der Waals surface area (Å²) in [5, 5.41) is 0. The highest BCUT2D eigenvalue weighted by molar-refractivity contribution is 7.53. The first-order chi connectivity index (χ1) is 5.70. The third kappa shape index (κ3) is 3.23. The van der Waals surface area contributed by atoms with Gasteiger partial charge in [0.15, 0.2) is 0 Å². The van der Waals surface area contributed by atoms with Crippen molar-refractivity contribution in [2.24, 2.45) is 0 Å². The van der Waals surface area contributed by atoms with Gasteiger partial charge in [-0.05, 0) is 13.8 Å². The molecule has 5 heteroatoms. The topological polar surface area (TPSA) is 48.1 Å². The van der Waals surface area contributed by atoms with Crippen LogP contribution in [0.3, 0.4) is 0 Å². The molecule has 0 aromatic carbocycles. The zero-order chi connectivity index (χ0) is 9.03. The third-order valence-corrected chi connectivity index (χ3v) is 3.64. The molecule has 1 saturated heterocycles. The first kappa shape index (κ1) is 10.2. The summed E-state index contributed by atoms with van der Waals surface area (Å²) in [7, 11) is -2.84. The first-order valence-electron chi connectivity index (χ1n) is 4.20. The first-order valence-corrected chi connectivity index (χ1v) is 5.92. The minimum atomic E-state index is -2.84. The second-order valence-electron chi connectivity index (χ2n) is 2.58. The number of hydrogen-bond acceptors (Lipinski definition) is 4. The lowest BCUT2D eigenvalue weighted by atomic mass is 10.6. The third-order valence-electron chi connectivity index (χ3n) is 1.48. The maximum Gasteiger partial charge on any atom is 0.333 e. The van der Waals surface area contributed by atoms with Crippen molar-refractivity contribution in [1.82, 2.24) is 0 Å². The molecular formula is C7H15O4P. The molecule has 0 aromatic rings. The van der Waals surface area contributed by atoms with Crippen LogP contribution < -0.4 is 0 Å². The van der Waals surface area contributed by atoms with E-state index >= 15 is 0 Å². The minimum absolute atomic E-state index is 0.0916. The predicted octanol–water partition coefficient (Wildman–Crippen LogP) is 1.65. The summed E-state index contributed by atoms with van der Waals surface area (Å²) in [6, 6.07) is 0. The number of epoxide rings is 1. The lowest BCUT2D eigenvalue weighted by Crippen LogP contribution is -2.04. The highest BCUT2D eigenvalue weighted by Crippen LogP contribution is 2.50. The highest BCUT2D eigenvalue weighted by atomic mass is 31.2. The van der Waals surface area contributed by atoms with Crippen LogP contribution in [0.5, 0.6) is 0 Å². The Labute approximate surface area is 72.7 Å². The molecule has 4 nitrogen and oxygen atoms in total. The molecule has 0 spiro atoms. The van der Waals surface area contributed by atoms with Crippen LogP contribution in [0.25, 0.3) is 0 Å². The molecular weight excluding hydrogens is 179 g/mol. The summed E-state index contributed by atoms with van der Waals surface area (Å²) in [5.74, 6) is 0. The van der Waals surface area contributed by atoms with Crippen molar-refractivity contribution < 1.29 is 18.3 Å². The van der Waals surface area contributed by atoms with E-state index in [0.717, 1.165) is 0 Å². The summed E-state index contributed by atoms with van der Waals surface area (Å²) >= 11 is 0. The van der Waals surface area contributed by atoms with Crippen molar-refractivity contribution in [3.8, 4) is 0 Å². The van der Waals surface area contributed by atoms with Gasteiger partial charge >= 0.3 is 7.60 Å². The summed E-state index contributed by atoms with van der Waals surface area (Å²) < 4.78 is 26.9. The highest BCUT2D eigenvalue weighted by Gasteiger charge is 2.35. The van der Waals surface area contributed by atoms with Crippen LogP contribution in [0.15, 0.2) is 0 Å². The van der Waals surface area contributed by atoms with Crippen LogP contribution in [0.2, 0.25) is 0 Å². The van der Waals surface area contributed by atoms with Gasteiger partial charge in [-0.3, -0.25) is 4.57 Å². The molecule has 0 radical (unpaired) electrons. The van der Waals surface area contributed by atoms with Crippen LogP contribution in [0.4, 0.5) is 0 Å². The average molecular weight is 194 g/mol. The maximum atomic E-state index is 11.7. The van der Waals surface area contributed by atoms with Gasteiger partial charge in [0.05, 0.1) is 32.1 Å². The minimum Gasteiger partial charge on any atom is -0.372 e.